The van der Waals surface area contributed by atoms with Crippen molar-refractivity contribution < 1.29 is 5.11 Å². The van der Waals surface area contributed by atoms with E-state index in [1.165, 1.54) is 0 Å². The van der Waals surface area contributed by atoms with Crippen LogP contribution in [0.1, 0.15) is 0 Å². The Hall–Kier alpha value is 0.920. The van der Waals surface area contributed by atoms with E-state index < -0.39 is 0 Å². The zero-order valence-electron chi connectivity index (χ0n) is 3.16. The summed E-state index contributed by atoms with van der Waals surface area (Å²) in [5, 5.41) is 10.5. The molecule has 3 heteroatoms. The van der Waals surface area contributed by atoms with Gasteiger partial charge in [-0.2, -0.15) is 0 Å². The van der Waals surface area contributed by atoms with Crippen molar-refractivity contribution in [2.24, 2.45) is 0 Å². The Labute approximate surface area is 54.0 Å². The molecule has 1 atom stereocenters. The van der Waals surface area contributed by atoms with E-state index in [4.69, 9.17) is 0 Å². The Morgan fingerprint density at radius 1 is 1.67 bits per heavy atom. The smallest absolute Gasteiger partial charge is 0.0955 e. The standard InChI is InChI=1S/C3H5Br2O/c4-1-3(5)2-6/h3H,1-2H2. The van der Waals surface area contributed by atoms with E-state index in [0.717, 1.165) is 5.33 Å². The van der Waals surface area contributed by atoms with E-state index in [9.17, 15) is 5.11 Å². The third kappa shape index (κ3) is 3.12. The van der Waals surface area contributed by atoms with Crippen LogP contribution in [-0.4, -0.2) is 16.8 Å². The van der Waals surface area contributed by atoms with Crippen LogP contribution in [0, 0.1) is 0 Å². The van der Waals surface area contributed by atoms with Crippen LogP contribution in [-0.2, 0) is 5.11 Å². The molecule has 0 aliphatic rings. The normalized spacial score (nSPS) is 14.5. The molecular weight excluding hydrogens is 212 g/mol. The molecule has 6 heavy (non-hydrogen) atoms. The van der Waals surface area contributed by atoms with Crippen molar-refractivity contribution in [1.29, 1.82) is 0 Å². The predicted octanol–water partition coefficient (Wildman–Crippen LogP) is 1.58. The van der Waals surface area contributed by atoms with E-state index in [1.807, 2.05) is 0 Å². The lowest BCUT2D eigenvalue weighted by Crippen LogP contribution is -2.02. The largest absolute Gasteiger partial charge is 0.235 e. The van der Waals surface area contributed by atoms with E-state index in [-0.39, 0.29) is 11.4 Å². The van der Waals surface area contributed by atoms with Gasteiger partial charge in [0.05, 0.1) is 11.4 Å². The monoisotopic (exact) mass is 215 g/mol. The zero-order chi connectivity index (χ0) is 4.99. The second kappa shape index (κ2) is 4.09. The molecule has 0 heterocycles. The third-order valence-electron chi connectivity index (χ3n) is 0.348. The lowest BCUT2D eigenvalue weighted by Gasteiger charge is -1.92. The van der Waals surface area contributed by atoms with Gasteiger partial charge in [-0.1, -0.05) is 31.9 Å². The minimum absolute atomic E-state index is 0.0503. The molecule has 0 aromatic rings. The topological polar surface area (TPSA) is 19.9 Å². The lowest BCUT2D eigenvalue weighted by molar-refractivity contribution is 0.200. The molecule has 1 nitrogen and oxygen atoms in total. The molecule has 0 saturated carbocycles. The summed E-state index contributed by atoms with van der Waals surface area (Å²) >= 11 is 6.24. The van der Waals surface area contributed by atoms with Crippen LogP contribution in [0.5, 0.6) is 0 Å². The fraction of sp³-hybridized carbons (Fsp3) is 1.00. The first-order valence-corrected chi connectivity index (χ1v) is 3.63. The van der Waals surface area contributed by atoms with Crippen LogP contribution >= 0.6 is 31.9 Å². The number of rotatable bonds is 2. The molecule has 0 N–H and O–H groups in total. The van der Waals surface area contributed by atoms with Gasteiger partial charge in [-0.25, -0.2) is 5.11 Å². The average Bonchev–Trinajstić information content (AvgIpc) is 1.65. The van der Waals surface area contributed by atoms with Gasteiger partial charge < -0.3 is 0 Å². The molecule has 0 rings (SSSR count). The van der Waals surface area contributed by atoms with Crippen molar-refractivity contribution in [1.82, 2.24) is 0 Å². The van der Waals surface area contributed by atoms with Crippen LogP contribution in [0.15, 0.2) is 0 Å². The molecule has 0 aromatic heterocycles. The molecular formula is C3H5Br2O. The predicted molar refractivity (Wildman–Crippen MR) is 32.1 cm³/mol. The highest BCUT2D eigenvalue weighted by molar-refractivity contribution is 9.12. The molecule has 0 saturated heterocycles. The third-order valence-corrected chi connectivity index (χ3v) is 2.59. The van der Waals surface area contributed by atoms with Crippen molar-refractivity contribution >= 4 is 31.9 Å². The van der Waals surface area contributed by atoms with Crippen molar-refractivity contribution in [3.8, 4) is 0 Å². The zero-order valence-corrected chi connectivity index (χ0v) is 6.33. The second-order valence-electron chi connectivity index (χ2n) is 0.918. The van der Waals surface area contributed by atoms with Crippen LogP contribution < -0.4 is 0 Å². The molecule has 0 aliphatic heterocycles. The highest BCUT2D eigenvalue weighted by Crippen LogP contribution is 2.00. The van der Waals surface area contributed by atoms with E-state index >= 15 is 0 Å². The molecule has 0 amide bonds. The Balaban J connectivity index is 2.75. The van der Waals surface area contributed by atoms with Gasteiger partial charge in [-0.15, -0.1) is 0 Å². The van der Waals surface area contributed by atoms with Crippen LogP contribution in [0.3, 0.4) is 0 Å². The van der Waals surface area contributed by atoms with Crippen LogP contribution in [0.2, 0.25) is 0 Å². The lowest BCUT2D eigenvalue weighted by atomic mass is 10.5. The number of alkyl halides is 2. The molecule has 0 aromatic carbocycles. The summed E-state index contributed by atoms with van der Waals surface area (Å²) in [5.41, 5.74) is 0. The maximum Gasteiger partial charge on any atom is 0.0955 e. The van der Waals surface area contributed by atoms with Crippen LogP contribution in [0.25, 0.3) is 0 Å². The summed E-state index contributed by atoms with van der Waals surface area (Å²) in [6.45, 7) is -0.0503. The molecule has 0 bridgehead atoms. The number of hydrogen-bond acceptors (Lipinski definition) is 0. The fourth-order valence-electron chi connectivity index (χ4n) is 0.0445. The molecule has 0 aliphatic carbocycles. The van der Waals surface area contributed by atoms with Crippen molar-refractivity contribution in [3.05, 3.63) is 0 Å². The first-order chi connectivity index (χ1) is 2.81. The van der Waals surface area contributed by atoms with Crippen molar-refractivity contribution in [2.75, 3.05) is 11.9 Å². The summed E-state index contributed by atoms with van der Waals surface area (Å²) in [7, 11) is 0. The van der Waals surface area contributed by atoms with Gasteiger partial charge in [0.25, 0.3) is 0 Å². The quantitative estimate of drug-likeness (QED) is 0.625. The molecule has 0 fully saturated rings. The van der Waals surface area contributed by atoms with Gasteiger partial charge in [0.15, 0.2) is 0 Å². The molecule has 37 valence electrons. The summed E-state index contributed by atoms with van der Waals surface area (Å²) in [4.78, 5) is 0.109. The minimum atomic E-state index is -0.0503. The number of halogens is 2. The van der Waals surface area contributed by atoms with Gasteiger partial charge in [0.1, 0.15) is 0 Å². The number of hydrogen-bond donors (Lipinski definition) is 0. The summed E-state index contributed by atoms with van der Waals surface area (Å²) in [6.07, 6.45) is 0. The Morgan fingerprint density at radius 3 is 2.17 bits per heavy atom. The highest BCUT2D eigenvalue weighted by atomic mass is 79.9. The van der Waals surface area contributed by atoms with Gasteiger partial charge in [0, 0.05) is 5.33 Å². The Kier molecular flexibility index (Phi) is 4.72. The van der Waals surface area contributed by atoms with Crippen LogP contribution in [0.4, 0.5) is 0 Å². The Morgan fingerprint density at radius 2 is 2.17 bits per heavy atom. The highest BCUT2D eigenvalue weighted by Gasteiger charge is 1.95. The molecule has 0 spiro atoms. The van der Waals surface area contributed by atoms with Crippen molar-refractivity contribution in [3.63, 3.8) is 0 Å². The fourth-order valence-corrected chi connectivity index (χ4v) is 0.231. The SMILES string of the molecule is [O]CC(Br)CBr. The first kappa shape index (κ1) is 6.92. The van der Waals surface area contributed by atoms with E-state index in [2.05, 4.69) is 31.9 Å². The summed E-state index contributed by atoms with van der Waals surface area (Å²) in [5.74, 6) is 0. The van der Waals surface area contributed by atoms with Gasteiger partial charge >= 0.3 is 0 Å². The maximum atomic E-state index is 9.78. The first-order valence-electron chi connectivity index (χ1n) is 1.59. The second-order valence-corrected chi connectivity index (χ2v) is 2.86. The summed E-state index contributed by atoms with van der Waals surface area (Å²) in [6, 6.07) is 0. The van der Waals surface area contributed by atoms with Gasteiger partial charge in [-0.05, 0) is 0 Å². The molecule has 1 unspecified atom stereocenters. The Bertz CT molecular complexity index is 28.0. The van der Waals surface area contributed by atoms with Crippen molar-refractivity contribution in [2.45, 2.75) is 4.83 Å². The summed E-state index contributed by atoms with van der Waals surface area (Å²) < 4.78 is 0. The molecule has 1 radical (unpaired) electrons. The van der Waals surface area contributed by atoms with E-state index in [1.54, 1.807) is 0 Å². The average molecular weight is 217 g/mol. The minimum Gasteiger partial charge on any atom is -0.235 e. The maximum absolute atomic E-state index is 9.78. The van der Waals surface area contributed by atoms with Gasteiger partial charge in [-0.3, -0.25) is 0 Å². The van der Waals surface area contributed by atoms with E-state index in [0.29, 0.717) is 0 Å². The van der Waals surface area contributed by atoms with Gasteiger partial charge in [0.2, 0.25) is 0 Å².